The normalized spacial score (nSPS) is 10.7. The number of hydrogen-bond acceptors (Lipinski definition) is 3. The van der Waals surface area contributed by atoms with E-state index in [-0.39, 0.29) is 5.56 Å². The molecule has 21 heavy (non-hydrogen) atoms. The number of benzene rings is 1. The topological polar surface area (TPSA) is 55.6 Å². The fourth-order valence-corrected chi connectivity index (χ4v) is 2.33. The van der Waals surface area contributed by atoms with Gasteiger partial charge in [0.2, 0.25) is 0 Å². The molecule has 0 atom stereocenters. The minimum Gasteiger partial charge on any atom is -0.310 e. The van der Waals surface area contributed by atoms with Crippen LogP contribution in [0.5, 0.6) is 0 Å². The zero-order chi connectivity index (χ0) is 14.8. The predicted octanol–water partition coefficient (Wildman–Crippen LogP) is 2.35. The Labute approximate surface area is 126 Å². The monoisotopic (exact) mass is 298 g/mol. The number of pyridine rings is 1. The molecule has 1 aromatic carbocycles. The van der Waals surface area contributed by atoms with E-state index in [1.807, 2.05) is 36.4 Å². The van der Waals surface area contributed by atoms with E-state index in [1.165, 1.54) is 0 Å². The van der Waals surface area contributed by atoms with Gasteiger partial charge in [-0.1, -0.05) is 30.3 Å². The molecule has 0 radical (unpaired) electrons. The van der Waals surface area contributed by atoms with Crippen molar-refractivity contribution in [3.63, 3.8) is 0 Å². The quantitative estimate of drug-likeness (QED) is 0.755. The predicted molar refractivity (Wildman–Crippen MR) is 83.6 cm³/mol. The van der Waals surface area contributed by atoms with Gasteiger partial charge in [0.25, 0.3) is 5.56 Å². The highest BCUT2D eigenvalue weighted by molar-refractivity contribution is 7.71. The van der Waals surface area contributed by atoms with Crippen molar-refractivity contribution in [2.24, 2.45) is 7.05 Å². The number of rotatable bonds is 3. The van der Waals surface area contributed by atoms with Crippen LogP contribution in [-0.4, -0.2) is 19.3 Å². The van der Waals surface area contributed by atoms with E-state index < -0.39 is 0 Å². The fraction of sp³-hybridized carbons (Fsp3) is 0.133. The van der Waals surface area contributed by atoms with Gasteiger partial charge >= 0.3 is 0 Å². The summed E-state index contributed by atoms with van der Waals surface area (Å²) >= 11 is 5.09. The van der Waals surface area contributed by atoms with E-state index >= 15 is 0 Å². The third-order valence-electron chi connectivity index (χ3n) is 3.34. The van der Waals surface area contributed by atoms with Crippen molar-refractivity contribution in [2.75, 3.05) is 0 Å². The second-order valence-electron chi connectivity index (χ2n) is 4.75. The molecule has 0 aliphatic carbocycles. The zero-order valence-corrected chi connectivity index (χ0v) is 12.3. The van der Waals surface area contributed by atoms with Gasteiger partial charge in [0, 0.05) is 13.2 Å². The summed E-state index contributed by atoms with van der Waals surface area (Å²) in [5.74, 6) is 0.549. The van der Waals surface area contributed by atoms with Gasteiger partial charge in [-0.25, -0.2) is 0 Å². The van der Waals surface area contributed by atoms with Gasteiger partial charge in [-0.2, -0.15) is 5.10 Å². The highest BCUT2D eigenvalue weighted by Crippen LogP contribution is 2.11. The molecule has 2 aromatic heterocycles. The molecule has 1 N–H and O–H groups in total. The summed E-state index contributed by atoms with van der Waals surface area (Å²) in [5, 5.41) is 6.83. The van der Waals surface area contributed by atoms with Gasteiger partial charge in [-0.3, -0.25) is 9.89 Å². The Bertz CT molecular complexity index is 876. The Kier molecular flexibility index (Phi) is 3.53. The summed E-state index contributed by atoms with van der Waals surface area (Å²) < 4.78 is 3.85. The van der Waals surface area contributed by atoms with Crippen molar-refractivity contribution in [3.8, 4) is 11.4 Å². The van der Waals surface area contributed by atoms with Gasteiger partial charge in [-0.15, -0.1) is 0 Å². The van der Waals surface area contributed by atoms with Gasteiger partial charge < -0.3 is 9.13 Å². The minimum absolute atomic E-state index is 0.0848. The van der Waals surface area contributed by atoms with Crippen LogP contribution in [-0.2, 0) is 13.6 Å². The molecular formula is C15H14N4OS. The molecule has 0 aliphatic rings. The molecule has 3 aromatic rings. The van der Waals surface area contributed by atoms with E-state index in [0.29, 0.717) is 22.7 Å². The first kappa shape index (κ1) is 13.5. The second kappa shape index (κ2) is 5.49. The van der Waals surface area contributed by atoms with Crippen LogP contribution in [0.15, 0.2) is 53.5 Å². The van der Waals surface area contributed by atoms with E-state index in [0.717, 1.165) is 5.56 Å². The lowest BCUT2D eigenvalue weighted by Gasteiger charge is -2.08. The number of nitrogens with one attached hydrogen (secondary N) is 1. The maximum absolute atomic E-state index is 12.6. The Morgan fingerprint density at radius 2 is 1.95 bits per heavy atom. The largest absolute Gasteiger partial charge is 0.310 e. The maximum atomic E-state index is 12.6. The lowest BCUT2D eigenvalue weighted by Crippen LogP contribution is -2.22. The maximum Gasteiger partial charge on any atom is 0.261 e. The molecule has 0 saturated heterocycles. The molecule has 0 aliphatic heterocycles. The first-order valence-corrected chi connectivity index (χ1v) is 6.93. The smallest absolute Gasteiger partial charge is 0.261 e. The van der Waals surface area contributed by atoms with Crippen molar-refractivity contribution < 1.29 is 0 Å². The van der Waals surface area contributed by atoms with Crippen LogP contribution in [0.3, 0.4) is 0 Å². The van der Waals surface area contributed by atoms with E-state index in [1.54, 1.807) is 28.4 Å². The van der Waals surface area contributed by atoms with Crippen molar-refractivity contribution in [1.82, 2.24) is 19.3 Å². The Morgan fingerprint density at radius 1 is 1.19 bits per heavy atom. The summed E-state index contributed by atoms with van der Waals surface area (Å²) in [7, 11) is 1.79. The molecule has 0 amide bonds. The minimum atomic E-state index is -0.0848. The second-order valence-corrected chi connectivity index (χ2v) is 5.14. The van der Waals surface area contributed by atoms with Crippen molar-refractivity contribution in [3.05, 3.63) is 69.3 Å². The van der Waals surface area contributed by atoms with E-state index in [4.69, 9.17) is 12.2 Å². The van der Waals surface area contributed by atoms with Crippen LogP contribution in [0.2, 0.25) is 0 Å². The molecular weight excluding hydrogens is 284 g/mol. The van der Waals surface area contributed by atoms with Crippen LogP contribution in [0, 0.1) is 4.77 Å². The molecule has 0 saturated carbocycles. The molecule has 3 rings (SSSR count). The first-order chi connectivity index (χ1) is 10.2. The lowest BCUT2D eigenvalue weighted by molar-refractivity contribution is 0.758. The molecule has 106 valence electrons. The highest BCUT2D eigenvalue weighted by Gasteiger charge is 2.11. The summed E-state index contributed by atoms with van der Waals surface area (Å²) in [6, 6.07) is 13.5. The Morgan fingerprint density at radius 3 is 2.62 bits per heavy atom. The average molecular weight is 298 g/mol. The van der Waals surface area contributed by atoms with Crippen LogP contribution < -0.4 is 5.56 Å². The first-order valence-electron chi connectivity index (χ1n) is 6.52. The van der Waals surface area contributed by atoms with Crippen LogP contribution in [0.25, 0.3) is 11.4 Å². The van der Waals surface area contributed by atoms with Gasteiger partial charge in [0.1, 0.15) is 0 Å². The molecule has 5 nitrogen and oxygen atoms in total. The summed E-state index contributed by atoms with van der Waals surface area (Å²) in [6.07, 6.45) is 1.78. The lowest BCUT2D eigenvalue weighted by atomic mass is 10.2. The fourth-order valence-electron chi connectivity index (χ4n) is 2.20. The Balaban J connectivity index is 2.06. The number of H-pyrrole nitrogens is 1. The molecule has 6 heteroatoms. The third-order valence-corrected chi connectivity index (χ3v) is 3.70. The zero-order valence-electron chi connectivity index (χ0n) is 11.5. The summed E-state index contributed by atoms with van der Waals surface area (Å²) in [4.78, 5) is 12.6. The van der Waals surface area contributed by atoms with Crippen LogP contribution in [0.4, 0.5) is 0 Å². The summed E-state index contributed by atoms with van der Waals surface area (Å²) in [5.41, 5.74) is 1.52. The SMILES string of the molecule is Cn1c(-c2cccn(Cc3ccccc3)c2=O)n[nH]c1=S. The third kappa shape index (κ3) is 2.57. The Hall–Kier alpha value is -2.47. The van der Waals surface area contributed by atoms with Crippen LogP contribution >= 0.6 is 12.2 Å². The molecule has 0 unspecified atom stereocenters. The number of hydrogen-bond donors (Lipinski definition) is 1. The standard InChI is InChI=1S/C15H14N4OS/c1-18-13(16-17-15(18)21)12-8-5-9-19(14(12)20)10-11-6-3-2-4-7-11/h2-9H,10H2,1H3,(H,17,21). The molecule has 0 spiro atoms. The van der Waals surface area contributed by atoms with Gasteiger partial charge in [-0.05, 0) is 29.9 Å². The van der Waals surface area contributed by atoms with E-state index in [9.17, 15) is 4.79 Å². The summed E-state index contributed by atoms with van der Waals surface area (Å²) in [6.45, 7) is 0.530. The average Bonchev–Trinajstić information content (AvgIpc) is 2.83. The van der Waals surface area contributed by atoms with Crippen molar-refractivity contribution in [1.29, 1.82) is 0 Å². The number of nitrogens with zero attached hydrogens (tertiary/aromatic N) is 3. The van der Waals surface area contributed by atoms with Crippen LogP contribution in [0.1, 0.15) is 5.56 Å². The van der Waals surface area contributed by atoms with E-state index in [2.05, 4.69) is 10.2 Å². The molecule has 0 fully saturated rings. The highest BCUT2D eigenvalue weighted by atomic mass is 32.1. The van der Waals surface area contributed by atoms with Gasteiger partial charge in [0.15, 0.2) is 10.6 Å². The molecule has 2 heterocycles. The van der Waals surface area contributed by atoms with Crippen molar-refractivity contribution >= 4 is 12.2 Å². The number of aromatic nitrogens is 4. The van der Waals surface area contributed by atoms with Gasteiger partial charge in [0.05, 0.1) is 12.1 Å². The van der Waals surface area contributed by atoms with Crippen molar-refractivity contribution in [2.45, 2.75) is 6.54 Å². The number of aromatic amines is 1. The molecule has 0 bridgehead atoms.